The van der Waals surface area contributed by atoms with Gasteiger partial charge >= 0.3 is 0 Å². The lowest BCUT2D eigenvalue weighted by Gasteiger charge is -2.26. The number of para-hydroxylation sites is 1. The van der Waals surface area contributed by atoms with E-state index in [-0.39, 0.29) is 11.9 Å². The minimum atomic E-state index is -0.482. The van der Waals surface area contributed by atoms with Crippen LogP contribution in [0, 0.1) is 5.82 Å². The van der Waals surface area contributed by atoms with Gasteiger partial charge in [0.05, 0.1) is 29.4 Å². The van der Waals surface area contributed by atoms with Gasteiger partial charge in [0.2, 0.25) is 0 Å². The zero-order chi connectivity index (χ0) is 19.1. The molecular weight excluding hydrogens is 357 g/mol. The Balaban J connectivity index is 1.60. The van der Waals surface area contributed by atoms with E-state index in [2.05, 4.69) is 20.0 Å². The number of halogens is 1. The Hall–Kier alpha value is -3.32. The second-order valence-electron chi connectivity index (χ2n) is 6.94. The zero-order valence-electron chi connectivity index (χ0n) is 15.0. The van der Waals surface area contributed by atoms with Crippen LogP contribution in [-0.4, -0.2) is 37.5 Å². The van der Waals surface area contributed by atoms with E-state index in [1.165, 1.54) is 18.5 Å². The molecule has 0 unspecified atom stereocenters. The number of nitrogens with zero attached hydrogens (tertiary/aromatic N) is 5. The summed E-state index contributed by atoms with van der Waals surface area (Å²) in [6, 6.07) is 16.1. The van der Waals surface area contributed by atoms with Crippen LogP contribution in [0.25, 0.3) is 16.7 Å². The van der Waals surface area contributed by atoms with Gasteiger partial charge in [-0.2, -0.15) is 5.10 Å². The van der Waals surface area contributed by atoms with Gasteiger partial charge < -0.3 is 10.0 Å². The molecule has 1 aliphatic heterocycles. The minimum absolute atomic E-state index is 0.0891. The predicted molar refractivity (Wildman–Crippen MR) is 104 cm³/mol. The molecule has 7 heteroatoms. The van der Waals surface area contributed by atoms with Crippen LogP contribution in [0.15, 0.2) is 67.1 Å². The molecule has 2 aromatic heterocycles. The molecule has 0 spiro atoms. The number of aromatic nitrogens is 4. The molecule has 4 aromatic rings. The minimum Gasteiger partial charge on any atom is -0.391 e. The Morgan fingerprint density at radius 3 is 2.57 bits per heavy atom. The Morgan fingerprint density at radius 1 is 1.00 bits per heavy atom. The number of hydrogen-bond acceptors (Lipinski definition) is 5. The molecule has 0 aliphatic carbocycles. The largest absolute Gasteiger partial charge is 0.391 e. The molecule has 3 heterocycles. The monoisotopic (exact) mass is 375 g/mol. The summed E-state index contributed by atoms with van der Waals surface area (Å²) in [5, 5.41) is 15.6. The topological polar surface area (TPSA) is 67.1 Å². The van der Waals surface area contributed by atoms with E-state index in [0.29, 0.717) is 18.6 Å². The Bertz CT molecular complexity index is 1110. The van der Waals surface area contributed by atoms with E-state index in [1.807, 2.05) is 30.3 Å². The highest BCUT2D eigenvalue weighted by Crippen LogP contribution is 2.38. The Morgan fingerprint density at radius 2 is 1.79 bits per heavy atom. The summed E-state index contributed by atoms with van der Waals surface area (Å²) in [5.74, 6) is 0.445. The van der Waals surface area contributed by atoms with Gasteiger partial charge in [-0.3, -0.25) is 0 Å². The van der Waals surface area contributed by atoms with E-state index in [1.54, 1.807) is 23.0 Å². The molecule has 0 amide bonds. The highest BCUT2D eigenvalue weighted by molar-refractivity contribution is 5.88. The molecule has 2 aromatic carbocycles. The van der Waals surface area contributed by atoms with Gasteiger partial charge in [-0.25, -0.2) is 19.0 Å². The number of rotatable bonds is 3. The van der Waals surface area contributed by atoms with E-state index in [9.17, 15) is 9.50 Å². The van der Waals surface area contributed by atoms with Crippen molar-refractivity contribution in [3.05, 3.63) is 78.5 Å². The van der Waals surface area contributed by atoms with E-state index >= 15 is 0 Å². The van der Waals surface area contributed by atoms with E-state index in [0.717, 1.165) is 22.5 Å². The second kappa shape index (κ2) is 6.69. The van der Waals surface area contributed by atoms with Crippen molar-refractivity contribution in [3.63, 3.8) is 0 Å². The Labute approximate surface area is 160 Å². The number of fused-ring (bicyclic) bond motifs is 1. The summed E-state index contributed by atoms with van der Waals surface area (Å²) in [7, 11) is 0. The smallest absolute Gasteiger partial charge is 0.168 e. The van der Waals surface area contributed by atoms with Crippen molar-refractivity contribution in [2.24, 2.45) is 0 Å². The molecule has 140 valence electrons. The summed E-state index contributed by atoms with van der Waals surface area (Å²) in [6.07, 6.45) is 3.35. The molecule has 1 saturated heterocycles. The molecule has 0 bridgehead atoms. The number of β-amino-alcohol motifs (C(OH)–C–C–N with tert-alkyl or cyclic N) is 1. The predicted octanol–water partition coefficient (Wildman–Crippen LogP) is 3.27. The van der Waals surface area contributed by atoms with Crippen molar-refractivity contribution >= 4 is 16.9 Å². The highest BCUT2D eigenvalue weighted by atomic mass is 19.1. The second-order valence-corrected chi connectivity index (χ2v) is 6.94. The molecule has 28 heavy (non-hydrogen) atoms. The number of hydrogen-bond donors (Lipinski definition) is 1. The van der Waals surface area contributed by atoms with Crippen LogP contribution in [0.1, 0.15) is 18.0 Å². The van der Waals surface area contributed by atoms with Crippen molar-refractivity contribution in [2.45, 2.75) is 18.6 Å². The van der Waals surface area contributed by atoms with Gasteiger partial charge in [0, 0.05) is 6.54 Å². The van der Waals surface area contributed by atoms with Crippen molar-refractivity contribution in [1.29, 1.82) is 0 Å². The van der Waals surface area contributed by atoms with Gasteiger partial charge in [-0.15, -0.1) is 0 Å². The normalized spacial score (nSPS) is 19.4. The zero-order valence-corrected chi connectivity index (χ0v) is 15.0. The lowest BCUT2D eigenvalue weighted by molar-refractivity contribution is 0.194. The SMILES string of the molecule is O[C@@H]1C[C@@H](c2ccc(F)cc2)N(c2ncnc3c2cnn3-c2ccccc2)C1. The van der Waals surface area contributed by atoms with E-state index in [4.69, 9.17) is 0 Å². The van der Waals surface area contributed by atoms with Crippen LogP contribution in [0.4, 0.5) is 10.2 Å². The summed E-state index contributed by atoms with van der Waals surface area (Å²) in [6.45, 7) is 0.449. The summed E-state index contributed by atoms with van der Waals surface area (Å²) in [4.78, 5) is 11.0. The van der Waals surface area contributed by atoms with Gasteiger partial charge in [0.25, 0.3) is 0 Å². The molecule has 1 N–H and O–H groups in total. The lowest BCUT2D eigenvalue weighted by Crippen LogP contribution is -2.25. The number of aliphatic hydroxyl groups excluding tert-OH is 1. The third kappa shape index (κ3) is 2.80. The van der Waals surface area contributed by atoms with Crippen LogP contribution in [0.3, 0.4) is 0 Å². The van der Waals surface area contributed by atoms with Crippen LogP contribution >= 0.6 is 0 Å². The Kier molecular flexibility index (Phi) is 4.02. The first-order valence-corrected chi connectivity index (χ1v) is 9.15. The quantitative estimate of drug-likeness (QED) is 0.595. The van der Waals surface area contributed by atoms with E-state index < -0.39 is 6.10 Å². The summed E-state index contributed by atoms with van der Waals surface area (Å²) < 4.78 is 15.1. The molecule has 1 fully saturated rings. The van der Waals surface area contributed by atoms with Crippen molar-refractivity contribution in [1.82, 2.24) is 19.7 Å². The number of benzene rings is 2. The molecule has 5 rings (SSSR count). The standard InChI is InChI=1S/C21H18FN5O/c22-15-8-6-14(7-9-15)19-10-17(28)12-26(19)20-18-11-25-27(21(18)24-13-23-20)16-4-2-1-3-5-16/h1-9,11,13,17,19,28H,10,12H2/t17-,19+/m1/s1. The third-order valence-corrected chi connectivity index (χ3v) is 5.15. The first-order chi connectivity index (χ1) is 13.7. The number of aliphatic hydroxyl groups is 1. The summed E-state index contributed by atoms with van der Waals surface area (Å²) >= 11 is 0. The van der Waals surface area contributed by atoms with Gasteiger partial charge in [-0.1, -0.05) is 30.3 Å². The molecule has 0 radical (unpaired) electrons. The molecule has 6 nitrogen and oxygen atoms in total. The fourth-order valence-corrected chi connectivity index (χ4v) is 3.87. The van der Waals surface area contributed by atoms with Gasteiger partial charge in [0.1, 0.15) is 18.0 Å². The average Bonchev–Trinajstić information content (AvgIpc) is 3.33. The summed E-state index contributed by atoms with van der Waals surface area (Å²) in [5.41, 5.74) is 2.56. The maximum absolute atomic E-state index is 13.3. The van der Waals surface area contributed by atoms with Crippen molar-refractivity contribution in [3.8, 4) is 5.69 Å². The van der Waals surface area contributed by atoms with Crippen molar-refractivity contribution < 1.29 is 9.50 Å². The fourth-order valence-electron chi connectivity index (χ4n) is 3.87. The van der Waals surface area contributed by atoms with Gasteiger partial charge in [-0.05, 0) is 36.2 Å². The third-order valence-electron chi connectivity index (χ3n) is 5.15. The van der Waals surface area contributed by atoms with Crippen molar-refractivity contribution in [2.75, 3.05) is 11.4 Å². The maximum atomic E-state index is 13.3. The van der Waals surface area contributed by atoms with Crippen LogP contribution in [0.2, 0.25) is 0 Å². The maximum Gasteiger partial charge on any atom is 0.168 e. The molecular formula is C21H18FN5O. The van der Waals surface area contributed by atoms with Crippen LogP contribution in [-0.2, 0) is 0 Å². The molecule has 1 aliphatic rings. The van der Waals surface area contributed by atoms with Crippen LogP contribution in [0.5, 0.6) is 0 Å². The first kappa shape index (κ1) is 16.8. The van der Waals surface area contributed by atoms with Crippen LogP contribution < -0.4 is 4.90 Å². The molecule has 2 atom stereocenters. The lowest BCUT2D eigenvalue weighted by atomic mass is 10.0. The highest BCUT2D eigenvalue weighted by Gasteiger charge is 2.34. The first-order valence-electron chi connectivity index (χ1n) is 9.15. The fraction of sp³-hybridized carbons (Fsp3) is 0.190. The van der Waals surface area contributed by atoms with Gasteiger partial charge in [0.15, 0.2) is 5.65 Å². The number of anilines is 1. The molecule has 0 saturated carbocycles. The average molecular weight is 375 g/mol.